The number of para-hydroxylation sites is 1. The molecule has 0 saturated heterocycles. The Kier molecular flexibility index (Phi) is 7.61. The number of anilines is 1. The molecule has 0 atom stereocenters. The van der Waals surface area contributed by atoms with Crippen molar-refractivity contribution in [3.8, 4) is 22.8 Å². The van der Waals surface area contributed by atoms with Gasteiger partial charge in [0.1, 0.15) is 0 Å². The van der Waals surface area contributed by atoms with Crippen LogP contribution in [-0.4, -0.2) is 50.5 Å². The zero-order valence-electron chi connectivity index (χ0n) is 17.0. The topological polar surface area (TPSA) is 59.0 Å². The van der Waals surface area contributed by atoms with Crippen LogP contribution in [0.5, 0.6) is 11.5 Å². The van der Waals surface area contributed by atoms with Crippen molar-refractivity contribution in [1.29, 1.82) is 0 Å². The number of aromatic nitrogens is 1. The summed E-state index contributed by atoms with van der Waals surface area (Å²) in [5.74, 6) is 1.39. The zero-order valence-corrected chi connectivity index (χ0v) is 17.8. The van der Waals surface area contributed by atoms with Crippen molar-refractivity contribution in [3.63, 3.8) is 0 Å². The van der Waals surface area contributed by atoms with E-state index in [9.17, 15) is 0 Å². The molecule has 0 unspecified atom stereocenters. The van der Waals surface area contributed by atoms with Crippen LogP contribution in [0, 0.1) is 0 Å². The molecule has 0 aliphatic heterocycles. The molecular formula is C22H26N4O2S. The number of rotatable bonds is 10. The van der Waals surface area contributed by atoms with E-state index in [4.69, 9.17) is 9.47 Å². The van der Waals surface area contributed by atoms with E-state index in [0.29, 0.717) is 18.1 Å². The Balaban J connectivity index is 1.66. The van der Waals surface area contributed by atoms with Gasteiger partial charge in [-0.2, -0.15) is 5.10 Å². The highest BCUT2D eigenvalue weighted by atomic mass is 32.1. The molecule has 1 heterocycles. The molecule has 0 radical (unpaired) electrons. The van der Waals surface area contributed by atoms with Gasteiger partial charge in [-0.25, -0.2) is 4.98 Å². The first kappa shape index (κ1) is 20.8. The normalized spacial score (nSPS) is 11.2. The van der Waals surface area contributed by atoms with Crippen LogP contribution >= 0.6 is 11.3 Å². The van der Waals surface area contributed by atoms with E-state index in [1.54, 1.807) is 13.3 Å². The molecule has 1 aromatic heterocycles. The summed E-state index contributed by atoms with van der Waals surface area (Å²) in [4.78, 5) is 6.71. The molecular weight excluding hydrogens is 384 g/mol. The molecule has 7 heteroatoms. The minimum absolute atomic E-state index is 0.611. The lowest BCUT2D eigenvalue weighted by Gasteiger charge is -2.14. The number of nitrogens with one attached hydrogen (secondary N) is 1. The highest BCUT2D eigenvalue weighted by Gasteiger charge is 2.09. The largest absolute Gasteiger partial charge is 0.493 e. The summed E-state index contributed by atoms with van der Waals surface area (Å²) in [6, 6.07) is 15.8. The van der Waals surface area contributed by atoms with Crippen LogP contribution in [0.4, 0.5) is 5.13 Å². The molecule has 0 saturated carbocycles. The third kappa shape index (κ3) is 6.04. The number of methoxy groups -OCH3 is 1. The number of benzene rings is 2. The highest BCUT2D eigenvalue weighted by molar-refractivity contribution is 7.14. The summed E-state index contributed by atoms with van der Waals surface area (Å²) in [7, 11) is 5.74. The number of hydrogen-bond donors (Lipinski definition) is 1. The first-order valence-electron chi connectivity index (χ1n) is 9.42. The first-order chi connectivity index (χ1) is 14.2. The average molecular weight is 411 g/mol. The predicted molar refractivity (Wildman–Crippen MR) is 120 cm³/mol. The monoisotopic (exact) mass is 410 g/mol. The van der Waals surface area contributed by atoms with Gasteiger partial charge in [0.05, 0.1) is 25.6 Å². The SMILES string of the molecule is COc1cccc(C=NNc2nc(-c3ccccc3)cs2)c1OCCCN(C)C. The first-order valence-corrected chi connectivity index (χ1v) is 10.3. The number of ether oxygens (including phenoxy) is 2. The Hall–Kier alpha value is -2.90. The van der Waals surface area contributed by atoms with Crippen LogP contribution in [0.2, 0.25) is 0 Å². The van der Waals surface area contributed by atoms with Crippen LogP contribution in [0.3, 0.4) is 0 Å². The van der Waals surface area contributed by atoms with E-state index in [1.807, 2.05) is 53.9 Å². The van der Waals surface area contributed by atoms with Gasteiger partial charge >= 0.3 is 0 Å². The Morgan fingerprint density at radius 3 is 2.72 bits per heavy atom. The maximum Gasteiger partial charge on any atom is 0.203 e. The lowest BCUT2D eigenvalue weighted by atomic mass is 10.2. The van der Waals surface area contributed by atoms with E-state index in [2.05, 4.69) is 34.5 Å². The molecule has 29 heavy (non-hydrogen) atoms. The van der Waals surface area contributed by atoms with Crippen LogP contribution in [0.25, 0.3) is 11.3 Å². The Morgan fingerprint density at radius 1 is 1.14 bits per heavy atom. The van der Waals surface area contributed by atoms with Crippen molar-refractivity contribution in [2.45, 2.75) is 6.42 Å². The summed E-state index contributed by atoms with van der Waals surface area (Å²) in [6.45, 7) is 1.58. The molecule has 0 bridgehead atoms. The quantitative estimate of drug-likeness (QED) is 0.301. The fourth-order valence-corrected chi connectivity index (χ4v) is 3.40. The average Bonchev–Trinajstić information content (AvgIpc) is 3.21. The molecule has 3 aromatic rings. The van der Waals surface area contributed by atoms with E-state index < -0.39 is 0 Å². The second kappa shape index (κ2) is 10.6. The van der Waals surface area contributed by atoms with Gasteiger partial charge < -0.3 is 14.4 Å². The summed E-state index contributed by atoms with van der Waals surface area (Å²) in [6.07, 6.45) is 2.66. The highest BCUT2D eigenvalue weighted by Crippen LogP contribution is 2.30. The summed E-state index contributed by atoms with van der Waals surface area (Å²) >= 11 is 1.51. The molecule has 152 valence electrons. The molecule has 0 amide bonds. The van der Waals surface area contributed by atoms with E-state index in [1.165, 1.54) is 11.3 Å². The maximum absolute atomic E-state index is 5.99. The van der Waals surface area contributed by atoms with Gasteiger partial charge in [0, 0.05) is 23.1 Å². The number of nitrogens with zero attached hydrogens (tertiary/aromatic N) is 3. The number of hydrogen-bond acceptors (Lipinski definition) is 7. The van der Waals surface area contributed by atoms with E-state index >= 15 is 0 Å². The van der Waals surface area contributed by atoms with Gasteiger partial charge in [-0.15, -0.1) is 11.3 Å². The molecule has 0 fully saturated rings. The smallest absolute Gasteiger partial charge is 0.203 e. The van der Waals surface area contributed by atoms with Crippen LogP contribution in [0.1, 0.15) is 12.0 Å². The molecule has 1 N–H and O–H groups in total. The standard InChI is InChI=1S/C22H26N4O2S/c1-26(2)13-8-14-28-21-18(11-7-12-20(21)27-3)15-23-25-22-24-19(16-29-22)17-9-5-4-6-10-17/h4-7,9-12,15-16H,8,13-14H2,1-3H3,(H,24,25). The van der Waals surface area contributed by atoms with Crippen molar-refractivity contribution in [2.24, 2.45) is 5.10 Å². The van der Waals surface area contributed by atoms with Gasteiger partial charge in [-0.3, -0.25) is 5.43 Å². The molecule has 0 spiro atoms. The van der Waals surface area contributed by atoms with Gasteiger partial charge in [0.15, 0.2) is 11.5 Å². The van der Waals surface area contributed by atoms with Gasteiger partial charge in [0.2, 0.25) is 5.13 Å². The third-order valence-corrected chi connectivity index (χ3v) is 4.91. The fourth-order valence-electron chi connectivity index (χ4n) is 2.73. The van der Waals surface area contributed by atoms with Crippen molar-refractivity contribution in [3.05, 3.63) is 59.5 Å². The zero-order chi connectivity index (χ0) is 20.5. The molecule has 0 aliphatic rings. The summed E-state index contributed by atoms with van der Waals surface area (Å²) in [5, 5.41) is 7.09. The minimum Gasteiger partial charge on any atom is -0.493 e. The Labute approximate surface area is 175 Å². The molecule has 6 nitrogen and oxygen atoms in total. The number of thiazole rings is 1. The number of hydrazone groups is 1. The second-order valence-electron chi connectivity index (χ2n) is 6.66. The lowest BCUT2D eigenvalue weighted by molar-refractivity contribution is 0.268. The van der Waals surface area contributed by atoms with Crippen molar-refractivity contribution in [1.82, 2.24) is 9.88 Å². The van der Waals surface area contributed by atoms with Gasteiger partial charge in [-0.1, -0.05) is 36.4 Å². The molecule has 3 rings (SSSR count). The lowest BCUT2D eigenvalue weighted by Crippen LogP contribution is -2.16. The van der Waals surface area contributed by atoms with Gasteiger partial charge in [0.25, 0.3) is 0 Å². The molecule has 0 aliphatic carbocycles. The summed E-state index contributed by atoms with van der Waals surface area (Å²) < 4.78 is 11.4. The minimum atomic E-state index is 0.611. The summed E-state index contributed by atoms with van der Waals surface area (Å²) in [5.41, 5.74) is 5.87. The Morgan fingerprint density at radius 2 is 1.97 bits per heavy atom. The van der Waals surface area contributed by atoms with E-state index in [-0.39, 0.29) is 0 Å². The Bertz CT molecular complexity index is 926. The van der Waals surface area contributed by atoms with Crippen molar-refractivity contribution < 1.29 is 9.47 Å². The molecule has 2 aromatic carbocycles. The van der Waals surface area contributed by atoms with Crippen molar-refractivity contribution >= 4 is 22.7 Å². The van der Waals surface area contributed by atoms with Gasteiger partial charge in [-0.05, 0) is 32.6 Å². The van der Waals surface area contributed by atoms with Crippen molar-refractivity contribution in [2.75, 3.05) is 39.8 Å². The predicted octanol–water partition coefficient (Wildman–Crippen LogP) is 4.60. The van der Waals surface area contributed by atoms with Crippen LogP contribution in [-0.2, 0) is 0 Å². The van der Waals surface area contributed by atoms with E-state index in [0.717, 1.165) is 34.9 Å². The third-order valence-electron chi connectivity index (χ3n) is 4.16. The van der Waals surface area contributed by atoms with Crippen LogP contribution < -0.4 is 14.9 Å². The maximum atomic E-state index is 5.99. The second-order valence-corrected chi connectivity index (χ2v) is 7.52. The van der Waals surface area contributed by atoms with Crippen LogP contribution in [0.15, 0.2) is 59.0 Å². The fraction of sp³-hybridized carbons (Fsp3) is 0.273.